The summed E-state index contributed by atoms with van der Waals surface area (Å²) in [5.74, 6) is -2.69. The van der Waals surface area contributed by atoms with E-state index < -0.39 is 54.6 Å². The van der Waals surface area contributed by atoms with Gasteiger partial charge in [0.1, 0.15) is 0 Å². The van der Waals surface area contributed by atoms with E-state index in [9.17, 15) is 19.2 Å². The SMILES string of the molecule is CC(=O)O[C@@H]1O[C@@H](C)[C@H](OC(C)=O)[C@H](OC(C)=O)[C@H]1OC(C)=O. The second-order valence-corrected chi connectivity index (χ2v) is 5.04. The summed E-state index contributed by atoms with van der Waals surface area (Å²) in [5, 5.41) is 0. The van der Waals surface area contributed by atoms with Crippen LogP contribution in [0.4, 0.5) is 0 Å². The van der Waals surface area contributed by atoms with E-state index in [0.29, 0.717) is 0 Å². The van der Waals surface area contributed by atoms with Crippen molar-refractivity contribution < 1.29 is 42.9 Å². The van der Waals surface area contributed by atoms with Crippen molar-refractivity contribution in [3.63, 3.8) is 0 Å². The Morgan fingerprint density at radius 2 is 1.04 bits per heavy atom. The number of rotatable bonds is 4. The van der Waals surface area contributed by atoms with Crippen molar-refractivity contribution in [2.45, 2.75) is 65.3 Å². The van der Waals surface area contributed by atoms with E-state index in [-0.39, 0.29) is 0 Å². The van der Waals surface area contributed by atoms with E-state index in [4.69, 9.17) is 23.7 Å². The first-order valence-electron chi connectivity index (χ1n) is 6.96. The smallest absolute Gasteiger partial charge is 0.305 e. The molecule has 0 aromatic heterocycles. The molecule has 0 aromatic carbocycles. The average molecular weight is 332 g/mol. The van der Waals surface area contributed by atoms with E-state index in [1.807, 2.05) is 0 Å². The molecule has 9 heteroatoms. The summed E-state index contributed by atoms with van der Waals surface area (Å²) < 4.78 is 25.7. The Morgan fingerprint density at radius 1 is 0.652 bits per heavy atom. The molecular formula is C14H20O9. The van der Waals surface area contributed by atoms with Gasteiger partial charge in [0, 0.05) is 27.7 Å². The fourth-order valence-corrected chi connectivity index (χ4v) is 2.23. The van der Waals surface area contributed by atoms with Crippen molar-refractivity contribution >= 4 is 23.9 Å². The zero-order valence-electron chi connectivity index (χ0n) is 13.6. The van der Waals surface area contributed by atoms with Gasteiger partial charge in [0.15, 0.2) is 12.2 Å². The molecule has 23 heavy (non-hydrogen) atoms. The normalized spacial score (nSPS) is 30.0. The molecule has 0 radical (unpaired) electrons. The zero-order chi connectivity index (χ0) is 17.7. The Kier molecular flexibility index (Phi) is 6.49. The van der Waals surface area contributed by atoms with E-state index in [1.165, 1.54) is 6.92 Å². The molecule has 1 saturated heterocycles. The molecule has 0 saturated carbocycles. The van der Waals surface area contributed by atoms with Crippen LogP contribution in [-0.2, 0) is 42.9 Å². The standard InChI is InChI=1S/C14H20O9/c1-6-11(20-7(2)15)12(21-8(3)16)13(22-9(4)17)14(19-6)23-10(5)18/h6,11-14H,1-5H3/t6-,11-,12-,13+,14-/m0/s1. The van der Waals surface area contributed by atoms with Gasteiger partial charge in [-0.15, -0.1) is 0 Å². The second kappa shape index (κ2) is 7.91. The first kappa shape index (κ1) is 18.9. The number of esters is 4. The monoisotopic (exact) mass is 332 g/mol. The van der Waals surface area contributed by atoms with Gasteiger partial charge in [-0.05, 0) is 6.92 Å². The zero-order valence-corrected chi connectivity index (χ0v) is 13.6. The van der Waals surface area contributed by atoms with Crippen LogP contribution in [0.3, 0.4) is 0 Å². The summed E-state index contributed by atoms with van der Waals surface area (Å²) >= 11 is 0. The van der Waals surface area contributed by atoms with Crippen LogP contribution in [-0.4, -0.2) is 54.6 Å². The van der Waals surface area contributed by atoms with Crippen molar-refractivity contribution in [3.05, 3.63) is 0 Å². The molecule has 1 aliphatic heterocycles. The first-order valence-corrected chi connectivity index (χ1v) is 6.96. The molecule has 0 spiro atoms. The van der Waals surface area contributed by atoms with E-state index in [2.05, 4.69) is 0 Å². The molecule has 0 aromatic rings. The van der Waals surface area contributed by atoms with Crippen molar-refractivity contribution in [2.75, 3.05) is 0 Å². The van der Waals surface area contributed by atoms with Gasteiger partial charge in [-0.25, -0.2) is 0 Å². The third kappa shape index (κ3) is 5.51. The Balaban J connectivity index is 3.15. The molecule has 0 aliphatic carbocycles. The Hall–Kier alpha value is -2.16. The highest BCUT2D eigenvalue weighted by atomic mass is 16.7. The number of hydrogen-bond acceptors (Lipinski definition) is 9. The van der Waals surface area contributed by atoms with E-state index in [1.54, 1.807) is 6.92 Å². The maximum atomic E-state index is 11.4. The van der Waals surface area contributed by atoms with E-state index in [0.717, 1.165) is 20.8 Å². The van der Waals surface area contributed by atoms with Gasteiger partial charge in [-0.3, -0.25) is 19.2 Å². The topological polar surface area (TPSA) is 114 Å². The average Bonchev–Trinajstić information content (AvgIpc) is 2.36. The second-order valence-electron chi connectivity index (χ2n) is 5.04. The number of ether oxygens (including phenoxy) is 5. The fraction of sp³-hybridized carbons (Fsp3) is 0.714. The predicted octanol–water partition coefficient (Wildman–Crippen LogP) is 0.0894. The van der Waals surface area contributed by atoms with Crippen LogP contribution in [0.25, 0.3) is 0 Å². The van der Waals surface area contributed by atoms with Crippen LogP contribution in [0.15, 0.2) is 0 Å². The fourth-order valence-electron chi connectivity index (χ4n) is 2.23. The third-order valence-corrected chi connectivity index (χ3v) is 2.92. The van der Waals surface area contributed by atoms with Crippen LogP contribution >= 0.6 is 0 Å². The Morgan fingerprint density at radius 3 is 1.48 bits per heavy atom. The quantitative estimate of drug-likeness (QED) is 0.521. The van der Waals surface area contributed by atoms with Crippen LogP contribution in [0.2, 0.25) is 0 Å². The highest BCUT2D eigenvalue weighted by Gasteiger charge is 2.51. The van der Waals surface area contributed by atoms with Crippen molar-refractivity contribution in [3.8, 4) is 0 Å². The largest absolute Gasteiger partial charge is 0.456 e. The van der Waals surface area contributed by atoms with Crippen LogP contribution in [0.1, 0.15) is 34.6 Å². The summed E-state index contributed by atoms with van der Waals surface area (Å²) in [4.78, 5) is 45.1. The molecule has 0 N–H and O–H groups in total. The maximum Gasteiger partial charge on any atom is 0.305 e. The Labute approximate surface area is 133 Å². The van der Waals surface area contributed by atoms with Gasteiger partial charge in [0.25, 0.3) is 0 Å². The predicted molar refractivity (Wildman–Crippen MR) is 72.8 cm³/mol. The minimum absolute atomic E-state index is 0.630. The third-order valence-electron chi connectivity index (χ3n) is 2.92. The molecule has 0 amide bonds. The highest BCUT2D eigenvalue weighted by molar-refractivity contribution is 5.69. The van der Waals surface area contributed by atoms with Crippen LogP contribution in [0.5, 0.6) is 0 Å². The Bertz CT molecular complexity index is 487. The number of carbonyl (C=O) groups excluding carboxylic acids is 4. The minimum atomic E-state index is -1.29. The van der Waals surface area contributed by atoms with Gasteiger partial charge in [0.05, 0.1) is 6.10 Å². The first-order chi connectivity index (χ1) is 10.6. The van der Waals surface area contributed by atoms with Crippen LogP contribution in [0, 0.1) is 0 Å². The summed E-state index contributed by atoms with van der Waals surface area (Å²) in [6, 6.07) is 0. The summed E-state index contributed by atoms with van der Waals surface area (Å²) in [6.45, 7) is 6.16. The molecule has 1 heterocycles. The maximum absolute atomic E-state index is 11.4. The highest BCUT2D eigenvalue weighted by Crippen LogP contribution is 2.29. The van der Waals surface area contributed by atoms with Crippen molar-refractivity contribution in [1.29, 1.82) is 0 Å². The number of hydrogen-bond donors (Lipinski definition) is 0. The lowest BCUT2D eigenvalue weighted by atomic mass is 9.99. The lowest BCUT2D eigenvalue weighted by molar-refractivity contribution is -0.292. The molecular weight excluding hydrogens is 312 g/mol. The molecule has 0 bridgehead atoms. The van der Waals surface area contributed by atoms with Crippen LogP contribution < -0.4 is 0 Å². The van der Waals surface area contributed by atoms with Gasteiger partial charge < -0.3 is 23.7 Å². The molecule has 0 unspecified atom stereocenters. The van der Waals surface area contributed by atoms with Gasteiger partial charge in [-0.2, -0.15) is 0 Å². The molecule has 1 rings (SSSR count). The van der Waals surface area contributed by atoms with Gasteiger partial charge in [0.2, 0.25) is 12.4 Å². The van der Waals surface area contributed by atoms with E-state index >= 15 is 0 Å². The van der Waals surface area contributed by atoms with Crippen molar-refractivity contribution in [1.82, 2.24) is 0 Å². The van der Waals surface area contributed by atoms with Crippen molar-refractivity contribution in [2.24, 2.45) is 0 Å². The summed E-state index contributed by atoms with van der Waals surface area (Å²) in [5.41, 5.74) is 0. The lowest BCUT2D eigenvalue weighted by Gasteiger charge is -2.42. The molecule has 130 valence electrons. The summed E-state index contributed by atoms with van der Waals surface area (Å²) in [7, 11) is 0. The molecule has 1 aliphatic rings. The van der Waals surface area contributed by atoms with Gasteiger partial charge >= 0.3 is 23.9 Å². The molecule has 1 fully saturated rings. The molecule has 9 nitrogen and oxygen atoms in total. The number of carbonyl (C=O) groups is 4. The van der Waals surface area contributed by atoms with Gasteiger partial charge in [-0.1, -0.05) is 0 Å². The lowest BCUT2D eigenvalue weighted by Crippen LogP contribution is -2.61. The summed E-state index contributed by atoms with van der Waals surface area (Å²) in [6.07, 6.45) is -5.51. The molecule has 5 atom stereocenters. The minimum Gasteiger partial charge on any atom is -0.456 e.